The van der Waals surface area contributed by atoms with E-state index in [1.807, 2.05) is 23.1 Å². The van der Waals surface area contributed by atoms with Crippen LogP contribution in [0.1, 0.15) is 24.8 Å². The lowest BCUT2D eigenvalue weighted by atomic mass is 10.0. The Kier molecular flexibility index (Phi) is 5.51. The van der Waals surface area contributed by atoms with Crippen molar-refractivity contribution in [1.82, 2.24) is 9.47 Å². The van der Waals surface area contributed by atoms with Crippen molar-refractivity contribution in [2.45, 2.75) is 38.3 Å². The van der Waals surface area contributed by atoms with E-state index in [2.05, 4.69) is 28.1 Å². The second-order valence-electron chi connectivity index (χ2n) is 6.22. The normalized spacial score (nSPS) is 17.2. The fourth-order valence-corrected chi connectivity index (χ4v) is 3.68. The smallest absolute Gasteiger partial charge is 0.251 e. The van der Waals surface area contributed by atoms with E-state index in [-0.39, 0.29) is 24.1 Å². The van der Waals surface area contributed by atoms with Gasteiger partial charge >= 0.3 is 0 Å². The summed E-state index contributed by atoms with van der Waals surface area (Å²) in [5, 5.41) is 0. The molecule has 0 saturated carbocycles. The van der Waals surface area contributed by atoms with Crippen LogP contribution in [0.3, 0.4) is 0 Å². The van der Waals surface area contributed by atoms with Crippen molar-refractivity contribution in [2.24, 2.45) is 0 Å². The second kappa shape index (κ2) is 7.79. The third kappa shape index (κ3) is 4.15. The molecule has 1 aliphatic heterocycles. The van der Waals surface area contributed by atoms with Crippen LogP contribution in [0.5, 0.6) is 0 Å². The molecule has 2 heterocycles. The summed E-state index contributed by atoms with van der Waals surface area (Å²) < 4.78 is 2.27. The van der Waals surface area contributed by atoms with Crippen LogP contribution in [-0.4, -0.2) is 28.0 Å². The van der Waals surface area contributed by atoms with Crippen LogP contribution < -0.4 is 5.56 Å². The Hall–Kier alpha value is -1.88. The summed E-state index contributed by atoms with van der Waals surface area (Å²) in [5.41, 5.74) is 1.16. The van der Waals surface area contributed by atoms with E-state index in [4.69, 9.17) is 0 Å². The van der Waals surface area contributed by atoms with Crippen molar-refractivity contribution in [3.8, 4) is 0 Å². The number of aryl methyl sites for hydroxylation is 1. The van der Waals surface area contributed by atoms with Gasteiger partial charge in [0.05, 0.1) is 0 Å². The Bertz CT molecular complexity index is 757. The van der Waals surface area contributed by atoms with E-state index in [0.717, 1.165) is 36.7 Å². The topological polar surface area (TPSA) is 42.3 Å². The summed E-state index contributed by atoms with van der Waals surface area (Å²) in [4.78, 5) is 26.5. The molecule has 3 rings (SSSR count). The first-order chi connectivity index (χ1) is 11.6. The highest BCUT2D eigenvalue weighted by atomic mass is 79.9. The van der Waals surface area contributed by atoms with Gasteiger partial charge in [-0.3, -0.25) is 9.59 Å². The summed E-state index contributed by atoms with van der Waals surface area (Å²) in [6.45, 7) is 0.904. The van der Waals surface area contributed by atoms with E-state index >= 15 is 0 Å². The lowest BCUT2D eigenvalue weighted by molar-refractivity contribution is -0.132. The van der Waals surface area contributed by atoms with Gasteiger partial charge in [-0.15, -0.1) is 0 Å². The number of halogens is 1. The molecule has 0 aliphatic carbocycles. The van der Waals surface area contributed by atoms with Crippen LogP contribution in [-0.2, 0) is 17.8 Å². The van der Waals surface area contributed by atoms with Crippen LogP contribution in [0.25, 0.3) is 0 Å². The van der Waals surface area contributed by atoms with Crippen LogP contribution in [0, 0.1) is 0 Å². The van der Waals surface area contributed by atoms with Crippen LogP contribution in [0.2, 0.25) is 0 Å². The summed E-state index contributed by atoms with van der Waals surface area (Å²) in [6.07, 6.45) is 5.72. The minimum Gasteiger partial charge on any atom is -0.338 e. The molecule has 1 amide bonds. The molecular formula is C19H21BrN2O2. The first-order valence-corrected chi connectivity index (χ1v) is 9.12. The van der Waals surface area contributed by atoms with Gasteiger partial charge in [-0.1, -0.05) is 30.3 Å². The molecule has 0 spiro atoms. The SMILES string of the molecule is O=C(Cn1cc(Br)ccc1=O)N1CCC[C@H]1CCc1ccccc1. The zero-order valence-corrected chi connectivity index (χ0v) is 15.1. The Morgan fingerprint density at radius 1 is 1.17 bits per heavy atom. The summed E-state index contributed by atoms with van der Waals surface area (Å²) in [6, 6.07) is 13.8. The number of rotatable bonds is 5. The maximum Gasteiger partial charge on any atom is 0.251 e. The first-order valence-electron chi connectivity index (χ1n) is 8.33. The summed E-state index contributed by atoms with van der Waals surface area (Å²) in [5.74, 6) is 0.0331. The molecule has 4 nitrogen and oxygen atoms in total. The van der Waals surface area contributed by atoms with E-state index in [1.165, 1.54) is 16.2 Å². The lowest BCUT2D eigenvalue weighted by Crippen LogP contribution is -2.39. The summed E-state index contributed by atoms with van der Waals surface area (Å²) >= 11 is 3.35. The monoisotopic (exact) mass is 388 g/mol. The highest BCUT2D eigenvalue weighted by Crippen LogP contribution is 2.22. The number of nitrogens with zero attached hydrogens (tertiary/aromatic N) is 2. The van der Waals surface area contributed by atoms with Crippen LogP contribution in [0.15, 0.2) is 57.9 Å². The molecule has 1 saturated heterocycles. The molecule has 1 atom stereocenters. The van der Waals surface area contributed by atoms with Crippen molar-refractivity contribution in [2.75, 3.05) is 6.54 Å². The molecule has 126 valence electrons. The number of benzene rings is 1. The van der Waals surface area contributed by atoms with Gasteiger partial charge in [0, 0.05) is 29.3 Å². The van der Waals surface area contributed by atoms with Crippen molar-refractivity contribution < 1.29 is 4.79 Å². The van der Waals surface area contributed by atoms with E-state index in [9.17, 15) is 9.59 Å². The first kappa shape index (κ1) is 17.0. The molecule has 0 radical (unpaired) electrons. The second-order valence-corrected chi connectivity index (χ2v) is 7.14. The molecule has 2 aromatic rings. The fraction of sp³-hybridized carbons (Fsp3) is 0.368. The minimum atomic E-state index is -0.147. The van der Waals surface area contributed by atoms with Gasteiger partial charge < -0.3 is 9.47 Å². The lowest BCUT2D eigenvalue weighted by Gasteiger charge is -2.25. The predicted molar refractivity (Wildman–Crippen MR) is 97.9 cm³/mol. The Morgan fingerprint density at radius 3 is 2.75 bits per heavy atom. The molecule has 1 aliphatic rings. The average Bonchev–Trinajstić information content (AvgIpc) is 3.06. The molecule has 0 unspecified atom stereocenters. The fourth-order valence-electron chi connectivity index (χ4n) is 3.30. The van der Waals surface area contributed by atoms with Gasteiger partial charge in [-0.25, -0.2) is 0 Å². The molecular weight excluding hydrogens is 368 g/mol. The third-order valence-electron chi connectivity index (χ3n) is 4.56. The van der Waals surface area contributed by atoms with Crippen molar-refractivity contribution in [3.63, 3.8) is 0 Å². The number of pyridine rings is 1. The number of carbonyl (C=O) groups excluding carboxylic acids is 1. The molecule has 1 aromatic heterocycles. The van der Waals surface area contributed by atoms with Crippen LogP contribution >= 0.6 is 15.9 Å². The predicted octanol–water partition coefficient (Wildman–Crippen LogP) is 3.23. The van der Waals surface area contributed by atoms with Crippen molar-refractivity contribution >= 4 is 21.8 Å². The number of aromatic nitrogens is 1. The van der Waals surface area contributed by atoms with E-state index in [1.54, 1.807) is 12.3 Å². The van der Waals surface area contributed by atoms with Crippen molar-refractivity contribution in [3.05, 3.63) is 69.1 Å². The van der Waals surface area contributed by atoms with Crippen LogP contribution in [0.4, 0.5) is 0 Å². The van der Waals surface area contributed by atoms with Gasteiger partial charge in [0.1, 0.15) is 6.54 Å². The number of hydrogen-bond donors (Lipinski definition) is 0. The number of likely N-dealkylation sites (tertiary alicyclic amines) is 1. The number of hydrogen-bond acceptors (Lipinski definition) is 2. The molecule has 5 heteroatoms. The Labute approximate surface area is 150 Å². The zero-order valence-electron chi connectivity index (χ0n) is 13.5. The maximum atomic E-state index is 12.7. The Balaban J connectivity index is 1.63. The zero-order chi connectivity index (χ0) is 16.9. The number of carbonyl (C=O) groups is 1. The van der Waals surface area contributed by atoms with E-state index in [0.29, 0.717) is 0 Å². The van der Waals surface area contributed by atoms with Gasteiger partial charge in [-0.05, 0) is 53.2 Å². The molecule has 1 fully saturated rings. The minimum absolute atomic E-state index is 0.0331. The highest BCUT2D eigenvalue weighted by Gasteiger charge is 2.28. The third-order valence-corrected chi connectivity index (χ3v) is 5.03. The maximum absolute atomic E-state index is 12.7. The quantitative estimate of drug-likeness (QED) is 0.788. The van der Waals surface area contributed by atoms with Gasteiger partial charge in [-0.2, -0.15) is 0 Å². The summed E-state index contributed by atoms with van der Waals surface area (Å²) in [7, 11) is 0. The van der Waals surface area contributed by atoms with Crippen molar-refractivity contribution in [1.29, 1.82) is 0 Å². The van der Waals surface area contributed by atoms with Gasteiger partial charge in [0.15, 0.2) is 0 Å². The van der Waals surface area contributed by atoms with Gasteiger partial charge in [0.2, 0.25) is 5.91 Å². The largest absolute Gasteiger partial charge is 0.338 e. The number of amides is 1. The molecule has 24 heavy (non-hydrogen) atoms. The van der Waals surface area contributed by atoms with Gasteiger partial charge in [0.25, 0.3) is 5.56 Å². The van der Waals surface area contributed by atoms with E-state index < -0.39 is 0 Å². The standard InChI is InChI=1S/C19H21BrN2O2/c20-16-9-11-18(23)21(13-16)14-19(24)22-12-4-7-17(22)10-8-15-5-2-1-3-6-15/h1-3,5-6,9,11,13,17H,4,7-8,10,12,14H2/t17-/m0/s1. The average molecular weight is 389 g/mol. The molecule has 0 N–H and O–H groups in total. The Morgan fingerprint density at radius 2 is 1.96 bits per heavy atom. The molecule has 0 bridgehead atoms. The highest BCUT2D eigenvalue weighted by molar-refractivity contribution is 9.10. The molecule has 1 aromatic carbocycles.